The van der Waals surface area contributed by atoms with Crippen LogP contribution in [0.25, 0.3) is 0 Å². The monoisotopic (exact) mass is 369 g/mol. The molecule has 1 saturated heterocycles. The van der Waals surface area contributed by atoms with Gasteiger partial charge in [0.05, 0.1) is 6.61 Å². The fraction of sp³-hybridized carbons (Fsp3) is 0.450. The molecule has 144 valence electrons. The normalized spacial score (nSPS) is 15.0. The van der Waals surface area contributed by atoms with Gasteiger partial charge >= 0.3 is 0 Å². The zero-order valence-electron chi connectivity index (χ0n) is 16.0. The summed E-state index contributed by atoms with van der Waals surface area (Å²) in [4.78, 5) is 25.8. The molecule has 2 heterocycles. The lowest BCUT2D eigenvalue weighted by atomic mass is 10.2. The van der Waals surface area contributed by atoms with Crippen LogP contribution in [0, 0.1) is 6.92 Å². The molecular weight excluding hydrogens is 342 g/mol. The van der Waals surface area contributed by atoms with Crippen molar-refractivity contribution in [3.63, 3.8) is 0 Å². The molecule has 1 aliphatic heterocycles. The van der Waals surface area contributed by atoms with Crippen molar-refractivity contribution in [2.75, 3.05) is 51.3 Å². The third kappa shape index (κ3) is 5.48. The second kappa shape index (κ2) is 9.43. The van der Waals surface area contributed by atoms with Gasteiger partial charge in [-0.1, -0.05) is 30.3 Å². The predicted octanol–water partition coefficient (Wildman–Crippen LogP) is 1.48. The van der Waals surface area contributed by atoms with E-state index >= 15 is 0 Å². The van der Waals surface area contributed by atoms with Crippen LogP contribution >= 0.6 is 0 Å². The molecule has 0 aliphatic carbocycles. The average Bonchev–Trinajstić information content (AvgIpc) is 2.69. The van der Waals surface area contributed by atoms with Gasteiger partial charge in [-0.15, -0.1) is 0 Å². The van der Waals surface area contributed by atoms with Gasteiger partial charge in [0.1, 0.15) is 17.3 Å². The first-order chi connectivity index (χ1) is 13.2. The molecular formula is C20H27N5O2. The molecule has 0 spiro atoms. The first-order valence-corrected chi connectivity index (χ1v) is 9.30. The Labute approximate surface area is 160 Å². The number of nitrogens with zero attached hydrogens (tertiary/aromatic N) is 4. The van der Waals surface area contributed by atoms with Gasteiger partial charge in [0.25, 0.3) is 5.91 Å². The predicted molar refractivity (Wildman–Crippen MR) is 105 cm³/mol. The highest BCUT2D eigenvalue weighted by molar-refractivity contribution is 5.92. The molecule has 7 heteroatoms. The van der Waals surface area contributed by atoms with Crippen molar-refractivity contribution in [2.24, 2.45) is 0 Å². The molecule has 1 aliphatic rings. The average molecular weight is 369 g/mol. The molecule has 1 aromatic carbocycles. The second-order valence-electron chi connectivity index (χ2n) is 6.66. The van der Waals surface area contributed by atoms with Crippen LogP contribution < -0.4 is 10.2 Å². The number of hydrogen-bond donors (Lipinski definition) is 1. The highest BCUT2D eigenvalue weighted by atomic mass is 16.5. The van der Waals surface area contributed by atoms with Crippen molar-refractivity contribution in [3.05, 3.63) is 53.5 Å². The van der Waals surface area contributed by atoms with E-state index in [0.29, 0.717) is 24.7 Å². The van der Waals surface area contributed by atoms with E-state index < -0.39 is 0 Å². The summed E-state index contributed by atoms with van der Waals surface area (Å²) in [5.74, 6) is 1.23. The summed E-state index contributed by atoms with van der Waals surface area (Å²) in [7, 11) is 1.61. The van der Waals surface area contributed by atoms with Gasteiger partial charge < -0.3 is 15.0 Å². The van der Waals surface area contributed by atoms with E-state index in [-0.39, 0.29) is 5.91 Å². The number of hydrogen-bond acceptors (Lipinski definition) is 6. The van der Waals surface area contributed by atoms with Crippen LogP contribution in [0.3, 0.4) is 0 Å². The Morgan fingerprint density at radius 1 is 1.15 bits per heavy atom. The lowest BCUT2D eigenvalue weighted by Gasteiger charge is -2.35. The van der Waals surface area contributed by atoms with Gasteiger partial charge in [0.2, 0.25) is 0 Å². The molecule has 0 bridgehead atoms. The van der Waals surface area contributed by atoms with E-state index in [2.05, 4.69) is 49.4 Å². The highest BCUT2D eigenvalue weighted by Gasteiger charge is 2.20. The van der Waals surface area contributed by atoms with Crippen molar-refractivity contribution < 1.29 is 9.53 Å². The van der Waals surface area contributed by atoms with Crippen LogP contribution in [-0.4, -0.2) is 67.2 Å². The van der Waals surface area contributed by atoms with Crippen LogP contribution in [0.1, 0.15) is 21.9 Å². The van der Waals surface area contributed by atoms with Gasteiger partial charge in [-0.2, -0.15) is 0 Å². The zero-order chi connectivity index (χ0) is 19.1. The number of nitrogens with one attached hydrogen (secondary N) is 1. The number of aromatic nitrogens is 2. The Hall–Kier alpha value is -2.51. The fourth-order valence-electron chi connectivity index (χ4n) is 3.16. The maximum absolute atomic E-state index is 12.3. The maximum Gasteiger partial charge on any atom is 0.270 e. The number of piperazine rings is 1. The van der Waals surface area contributed by atoms with Crippen molar-refractivity contribution in [2.45, 2.75) is 13.5 Å². The molecule has 2 aromatic rings. The number of carbonyl (C=O) groups excluding carboxylic acids is 1. The summed E-state index contributed by atoms with van der Waals surface area (Å²) in [6.45, 7) is 7.42. The van der Waals surface area contributed by atoms with Gasteiger partial charge in [0, 0.05) is 52.4 Å². The highest BCUT2D eigenvalue weighted by Crippen LogP contribution is 2.16. The minimum atomic E-state index is -0.193. The van der Waals surface area contributed by atoms with Crippen molar-refractivity contribution >= 4 is 11.7 Å². The summed E-state index contributed by atoms with van der Waals surface area (Å²) in [6.07, 6.45) is 0. The summed E-state index contributed by atoms with van der Waals surface area (Å²) >= 11 is 0. The number of aryl methyl sites for hydroxylation is 1. The Morgan fingerprint density at radius 2 is 1.89 bits per heavy atom. The molecule has 1 aromatic heterocycles. The van der Waals surface area contributed by atoms with Crippen LogP contribution in [0.5, 0.6) is 0 Å². The van der Waals surface area contributed by atoms with Crippen LogP contribution in [0.15, 0.2) is 36.4 Å². The Kier molecular flexibility index (Phi) is 6.73. The smallest absolute Gasteiger partial charge is 0.270 e. The lowest BCUT2D eigenvalue weighted by Crippen LogP contribution is -2.46. The Balaban J connectivity index is 1.59. The van der Waals surface area contributed by atoms with E-state index in [0.717, 1.165) is 38.5 Å². The van der Waals surface area contributed by atoms with Crippen LogP contribution in [0.4, 0.5) is 5.82 Å². The van der Waals surface area contributed by atoms with E-state index in [1.165, 1.54) is 5.56 Å². The number of benzene rings is 1. The molecule has 27 heavy (non-hydrogen) atoms. The summed E-state index contributed by atoms with van der Waals surface area (Å²) in [6, 6.07) is 12.3. The van der Waals surface area contributed by atoms with Crippen molar-refractivity contribution in [1.82, 2.24) is 20.2 Å². The quantitative estimate of drug-likeness (QED) is 0.746. The van der Waals surface area contributed by atoms with Crippen molar-refractivity contribution in [1.29, 1.82) is 0 Å². The van der Waals surface area contributed by atoms with E-state index in [9.17, 15) is 4.79 Å². The topological polar surface area (TPSA) is 70.6 Å². The molecule has 0 saturated carbocycles. The molecule has 1 fully saturated rings. The van der Waals surface area contributed by atoms with Crippen molar-refractivity contribution in [3.8, 4) is 0 Å². The summed E-state index contributed by atoms with van der Waals surface area (Å²) in [5.41, 5.74) is 1.74. The van der Waals surface area contributed by atoms with Crippen LogP contribution in [-0.2, 0) is 11.3 Å². The maximum atomic E-state index is 12.3. The molecule has 3 rings (SSSR count). The lowest BCUT2D eigenvalue weighted by molar-refractivity contribution is 0.0931. The number of anilines is 1. The number of amides is 1. The Bertz CT molecular complexity index is 745. The second-order valence-corrected chi connectivity index (χ2v) is 6.66. The minimum absolute atomic E-state index is 0.193. The molecule has 1 N–H and O–H groups in total. The fourth-order valence-corrected chi connectivity index (χ4v) is 3.16. The molecule has 0 atom stereocenters. The van der Waals surface area contributed by atoms with E-state index in [1.807, 2.05) is 13.0 Å². The molecule has 0 unspecified atom stereocenters. The Morgan fingerprint density at radius 3 is 2.59 bits per heavy atom. The van der Waals surface area contributed by atoms with Gasteiger partial charge in [-0.25, -0.2) is 9.97 Å². The molecule has 0 radical (unpaired) electrons. The van der Waals surface area contributed by atoms with Gasteiger partial charge in [0.15, 0.2) is 0 Å². The first-order valence-electron chi connectivity index (χ1n) is 9.30. The molecule has 7 nitrogen and oxygen atoms in total. The zero-order valence-corrected chi connectivity index (χ0v) is 16.0. The van der Waals surface area contributed by atoms with E-state index in [1.54, 1.807) is 13.2 Å². The standard InChI is InChI=1S/C20H27N5O2/c1-16-22-18(20(26)21-8-13-27-2)14-19(23-16)25-11-9-24(10-12-25)15-17-6-4-3-5-7-17/h3-7,14H,8-13,15H2,1-2H3,(H,21,26). The SMILES string of the molecule is COCCNC(=O)c1cc(N2CCN(Cc3ccccc3)CC2)nc(C)n1. The third-order valence-corrected chi connectivity index (χ3v) is 4.59. The first kappa shape index (κ1) is 19.3. The number of ether oxygens (including phenoxy) is 1. The van der Waals surface area contributed by atoms with E-state index in [4.69, 9.17) is 4.74 Å². The number of carbonyl (C=O) groups is 1. The summed E-state index contributed by atoms with van der Waals surface area (Å²) < 4.78 is 4.96. The largest absolute Gasteiger partial charge is 0.383 e. The number of rotatable bonds is 7. The van der Waals surface area contributed by atoms with Gasteiger partial charge in [-0.3, -0.25) is 9.69 Å². The third-order valence-electron chi connectivity index (χ3n) is 4.59. The minimum Gasteiger partial charge on any atom is -0.383 e. The number of methoxy groups -OCH3 is 1. The molecule has 1 amide bonds. The van der Waals surface area contributed by atoms with Crippen LogP contribution in [0.2, 0.25) is 0 Å². The summed E-state index contributed by atoms with van der Waals surface area (Å²) in [5, 5.41) is 2.81. The van der Waals surface area contributed by atoms with Gasteiger partial charge in [-0.05, 0) is 12.5 Å².